The monoisotopic (exact) mass is 474 g/mol. The van der Waals surface area contributed by atoms with Gasteiger partial charge in [-0.25, -0.2) is 0 Å². The van der Waals surface area contributed by atoms with Crippen LogP contribution in [0, 0.1) is 34.5 Å². The molecule has 3 fully saturated rings. The van der Waals surface area contributed by atoms with Crippen LogP contribution >= 0.6 is 0 Å². The molecule has 5 nitrogen and oxygen atoms in total. The second-order valence-corrected chi connectivity index (χ2v) is 17.1. The fourth-order valence-corrected chi connectivity index (χ4v) is 10.3. The summed E-state index contributed by atoms with van der Waals surface area (Å²) in [6, 6.07) is 0. The van der Waals surface area contributed by atoms with Crippen LogP contribution in [0.5, 0.6) is 0 Å². The van der Waals surface area contributed by atoms with Crippen molar-refractivity contribution in [2.45, 2.75) is 97.9 Å². The van der Waals surface area contributed by atoms with Gasteiger partial charge in [-0.3, -0.25) is 0 Å². The second kappa shape index (κ2) is 8.51. The van der Waals surface area contributed by atoms with Gasteiger partial charge < -0.3 is 14.1 Å². The van der Waals surface area contributed by atoms with Crippen molar-refractivity contribution < 1.29 is 14.1 Å². The Hall–Kier alpha value is -1.14. The number of hydrogen-bond acceptors (Lipinski definition) is 5. The molecule has 3 saturated carbocycles. The zero-order chi connectivity index (χ0) is 24.2. The number of fused-ring (bicyclic) bond motifs is 5. The smallest absolute Gasteiger partial charge is 0.185 e. The van der Waals surface area contributed by atoms with Crippen LogP contribution in [0.2, 0.25) is 19.6 Å². The van der Waals surface area contributed by atoms with E-state index in [9.17, 15) is 0 Å². The lowest BCUT2D eigenvalue weighted by Gasteiger charge is -2.61. The van der Waals surface area contributed by atoms with Gasteiger partial charge in [0.15, 0.2) is 8.32 Å². The van der Waals surface area contributed by atoms with Gasteiger partial charge in [-0.15, -0.1) is 0 Å². The van der Waals surface area contributed by atoms with E-state index in [4.69, 9.17) is 14.1 Å². The van der Waals surface area contributed by atoms with Gasteiger partial charge in [0.25, 0.3) is 0 Å². The molecule has 0 spiro atoms. The van der Waals surface area contributed by atoms with Crippen LogP contribution in [0.1, 0.15) is 72.6 Å². The molecule has 0 aromatic carbocycles. The van der Waals surface area contributed by atoms with Gasteiger partial charge >= 0.3 is 0 Å². The van der Waals surface area contributed by atoms with Crippen molar-refractivity contribution in [1.82, 2.24) is 0 Å². The minimum absolute atomic E-state index is 0.106. The molecule has 0 radical (unpaired) electrons. The molecule has 33 heavy (non-hydrogen) atoms. The van der Waals surface area contributed by atoms with Gasteiger partial charge in [-0.05, 0) is 107 Å². The predicted molar refractivity (Wildman–Crippen MR) is 138 cm³/mol. The van der Waals surface area contributed by atoms with E-state index in [0.29, 0.717) is 11.8 Å². The zero-order valence-corrected chi connectivity index (χ0v) is 23.5. The normalized spacial score (nSPS) is 44.6. The van der Waals surface area contributed by atoms with Crippen LogP contribution in [0.3, 0.4) is 0 Å². The molecule has 0 amide bonds. The zero-order valence-electron chi connectivity index (χ0n) is 22.5. The highest BCUT2D eigenvalue weighted by Gasteiger charge is 2.67. The van der Waals surface area contributed by atoms with E-state index in [0.717, 1.165) is 36.1 Å². The Morgan fingerprint density at radius 3 is 2.36 bits per heavy atom. The van der Waals surface area contributed by atoms with Crippen molar-refractivity contribution in [1.29, 1.82) is 0 Å². The predicted octanol–water partition coefficient (Wildman–Crippen LogP) is 6.81. The number of allylic oxidation sites excluding steroid dienone is 2. The van der Waals surface area contributed by atoms with Crippen LogP contribution in [0.4, 0.5) is 0 Å². The van der Waals surface area contributed by atoms with Crippen molar-refractivity contribution >= 4 is 19.7 Å². The first-order valence-electron chi connectivity index (χ1n) is 13.0. The summed E-state index contributed by atoms with van der Waals surface area (Å²) in [5.74, 6) is 2.74. The van der Waals surface area contributed by atoms with Crippen LogP contribution in [0.25, 0.3) is 0 Å². The Balaban J connectivity index is 1.73. The molecule has 0 bridgehead atoms. The lowest BCUT2D eigenvalue weighted by Crippen LogP contribution is -2.61. The van der Waals surface area contributed by atoms with E-state index in [1.165, 1.54) is 32.1 Å². The Kier molecular flexibility index (Phi) is 6.44. The maximum atomic E-state index is 7.14. The summed E-state index contributed by atoms with van der Waals surface area (Å²) >= 11 is 0. The highest BCUT2D eigenvalue weighted by atomic mass is 28.4. The molecule has 0 aromatic heterocycles. The van der Waals surface area contributed by atoms with Crippen molar-refractivity contribution in [2.75, 3.05) is 14.2 Å². The van der Waals surface area contributed by atoms with E-state index in [2.05, 4.69) is 63.7 Å². The third kappa shape index (κ3) is 3.83. The average molecular weight is 475 g/mol. The Morgan fingerprint density at radius 1 is 1.03 bits per heavy atom. The third-order valence-electron chi connectivity index (χ3n) is 9.92. The quantitative estimate of drug-likeness (QED) is 0.250. The van der Waals surface area contributed by atoms with Crippen LogP contribution in [0.15, 0.2) is 22.0 Å². The highest BCUT2D eigenvalue weighted by Crippen LogP contribution is 2.69. The fraction of sp³-hybridized carbons (Fsp3) is 0.852. The van der Waals surface area contributed by atoms with Gasteiger partial charge in [0.05, 0.1) is 11.4 Å². The molecular formula is C27H46N2O3Si. The summed E-state index contributed by atoms with van der Waals surface area (Å²) in [6.45, 7) is 16.6. The summed E-state index contributed by atoms with van der Waals surface area (Å²) in [6.07, 6.45) is 10.6. The van der Waals surface area contributed by atoms with E-state index in [1.54, 1.807) is 19.8 Å². The molecule has 0 unspecified atom stereocenters. The molecule has 7 atom stereocenters. The number of rotatable bonds is 5. The molecule has 4 aliphatic rings. The first-order chi connectivity index (χ1) is 15.4. The minimum atomic E-state index is -1.80. The summed E-state index contributed by atoms with van der Waals surface area (Å²) in [5.41, 5.74) is 3.87. The number of nitrogens with zero attached hydrogens (tertiary/aromatic N) is 2. The SMILES string of the molecule is CO/N=C1\C=C2[C@@H](C)C[C@@H]3[C@H](CC[C@@]4(C)[C@H]3CC[C@]4(O[Si](C)(C)C)/C(C)=N/OC)[C@@]2(C)CC1. The Bertz CT molecular complexity index is 862. The van der Waals surface area contributed by atoms with Crippen molar-refractivity contribution in [2.24, 2.45) is 44.8 Å². The Morgan fingerprint density at radius 2 is 1.73 bits per heavy atom. The molecule has 0 aromatic rings. The van der Waals surface area contributed by atoms with Crippen molar-refractivity contribution in [3.63, 3.8) is 0 Å². The third-order valence-corrected chi connectivity index (χ3v) is 10.9. The first kappa shape index (κ1) is 25.0. The lowest BCUT2D eigenvalue weighted by atomic mass is 9.44. The van der Waals surface area contributed by atoms with Gasteiger partial charge in [-0.2, -0.15) is 0 Å². The largest absolute Gasteiger partial charge is 0.406 e. The summed E-state index contributed by atoms with van der Waals surface area (Å²) in [7, 11) is 1.53. The molecule has 186 valence electrons. The van der Waals surface area contributed by atoms with Gasteiger partial charge in [0, 0.05) is 5.41 Å². The maximum absolute atomic E-state index is 7.14. The minimum Gasteiger partial charge on any atom is -0.406 e. The topological polar surface area (TPSA) is 52.4 Å². The van der Waals surface area contributed by atoms with E-state index >= 15 is 0 Å². The van der Waals surface area contributed by atoms with Crippen molar-refractivity contribution in [3.05, 3.63) is 11.6 Å². The summed E-state index contributed by atoms with van der Waals surface area (Å²) in [4.78, 5) is 10.4. The van der Waals surface area contributed by atoms with E-state index < -0.39 is 8.32 Å². The first-order valence-corrected chi connectivity index (χ1v) is 16.4. The molecule has 0 heterocycles. The van der Waals surface area contributed by atoms with Crippen LogP contribution in [-0.4, -0.2) is 39.6 Å². The van der Waals surface area contributed by atoms with E-state index in [1.807, 2.05) is 0 Å². The van der Waals surface area contributed by atoms with Crippen LogP contribution in [-0.2, 0) is 14.1 Å². The number of oxime groups is 2. The van der Waals surface area contributed by atoms with Gasteiger partial charge in [0.1, 0.15) is 19.8 Å². The highest BCUT2D eigenvalue weighted by molar-refractivity contribution is 6.70. The average Bonchev–Trinajstić information content (AvgIpc) is 3.01. The molecule has 4 aliphatic carbocycles. The fourth-order valence-electron chi connectivity index (χ4n) is 8.75. The lowest BCUT2D eigenvalue weighted by molar-refractivity contribution is -0.0946. The number of hydrogen-bond donors (Lipinski definition) is 0. The van der Waals surface area contributed by atoms with Crippen LogP contribution < -0.4 is 0 Å². The molecule has 0 N–H and O–H groups in total. The molecular weight excluding hydrogens is 428 g/mol. The standard InChI is InChI=1S/C27H46N2O3Si/c1-18-16-21-22(25(3)13-10-20(29-31-6)17-24(18)25)11-14-26(4)23(21)12-15-27(26,19(2)28-30-5)32-33(7,8)9/h17-18,21-23H,10-16H2,1-9H3/b28-19+,29-20-/t18-,21+,22-,23-,25+,26-,27-/m0/s1. The maximum Gasteiger partial charge on any atom is 0.185 e. The Labute approximate surface area is 202 Å². The van der Waals surface area contributed by atoms with E-state index in [-0.39, 0.29) is 16.4 Å². The molecule has 4 rings (SSSR count). The molecule has 0 aliphatic heterocycles. The van der Waals surface area contributed by atoms with Crippen molar-refractivity contribution in [3.8, 4) is 0 Å². The van der Waals surface area contributed by atoms with Gasteiger partial charge in [0.2, 0.25) is 0 Å². The molecule has 6 heteroatoms. The summed E-state index contributed by atoms with van der Waals surface area (Å²) < 4.78 is 7.14. The second-order valence-electron chi connectivity index (χ2n) is 12.7. The molecule has 0 saturated heterocycles. The van der Waals surface area contributed by atoms with Gasteiger partial charge in [-0.1, -0.05) is 36.7 Å². The summed E-state index contributed by atoms with van der Waals surface area (Å²) in [5, 5.41) is 8.80.